The van der Waals surface area contributed by atoms with Crippen molar-refractivity contribution in [3.8, 4) is 16.9 Å². The van der Waals surface area contributed by atoms with Crippen molar-refractivity contribution in [3.63, 3.8) is 0 Å². The van der Waals surface area contributed by atoms with E-state index in [1.54, 1.807) is 16.8 Å². The van der Waals surface area contributed by atoms with Crippen LogP contribution >= 0.6 is 11.6 Å². The summed E-state index contributed by atoms with van der Waals surface area (Å²) in [7, 11) is -3.72. The number of nitrogens with zero attached hydrogens (tertiary/aromatic N) is 2. The molecule has 118 valence electrons. The second-order valence-electron chi connectivity index (χ2n) is 5.06. The summed E-state index contributed by atoms with van der Waals surface area (Å²) in [4.78, 5) is 0.0532. The molecule has 0 radical (unpaired) electrons. The number of aromatic nitrogens is 2. The number of aryl methyl sites for hydroxylation is 1. The van der Waals surface area contributed by atoms with Gasteiger partial charge in [-0.3, -0.25) is 0 Å². The zero-order valence-corrected chi connectivity index (χ0v) is 13.8. The predicted molar refractivity (Wildman–Crippen MR) is 90.1 cm³/mol. The van der Waals surface area contributed by atoms with Gasteiger partial charge in [-0.05, 0) is 31.2 Å². The van der Waals surface area contributed by atoms with Gasteiger partial charge < -0.3 is 0 Å². The van der Waals surface area contributed by atoms with E-state index in [9.17, 15) is 8.42 Å². The lowest BCUT2D eigenvalue weighted by atomic mass is 10.1. The molecule has 1 aromatic heterocycles. The Hall–Kier alpha value is -2.15. The summed E-state index contributed by atoms with van der Waals surface area (Å²) in [6, 6.07) is 15.8. The van der Waals surface area contributed by atoms with Gasteiger partial charge in [-0.25, -0.2) is 18.2 Å². The number of halogens is 1. The Kier molecular flexibility index (Phi) is 3.97. The van der Waals surface area contributed by atoms with Crippen LogP contribution in [0.4, 0.5) is 0 Å². The van der Waals surface area contributed by atoms with Crippen LogP contribution in [0.5, 0.6) is 0 Å². The summed E-state index contributed by atoms with van der Waals surface area (Å²) < 4.78 is 24.4. The summed E-state index contributed by atoms with van der Waals surface area (Å²) in [5.41, 5.74) is 3.08. The minimum Gasteiger partial charge on any atom is -0.231 e. The van der Waals surface area contributed by atoms with Crippen molar-refractivity contribution in [3.05, 3.63) is 65.3 Å². The van der Waals surface area contributed by atoms with Gasteiger partial charge in [-0.1, -0.05) is 41.9 Å². The van der Waals surface area contributed by atoms with Gasteiger partial charge in [0.25, 0.3) is 0 Å². The monoisotopic (exact) mass is 347 g/mol. The lowest BCUT2D eigenvalue weighted by molar-refractivity contribution is 0.598. The molecule has 7 heteroatoms. The molecule has 0 saturated heterocycles. The first-order chi connectivity index (χ1) is 10.9. The molecule has 0 saturated carbocycles. The van der Waals surface area contributed by atoms with Gasteiger partial charge in [-0.2, -0.15) is 5.10 Å². The molecule has 2 aromatic carbocycles. The third-order valence-electron chi connectivity index (χ3n) is 3.44. The van der Waals surface area contributed by atoms with E-state index in [-0.39, 0.29) is 4.90 Å². The SMILES string of the molecule is Cc1nn(-c2ccc(S(N)(=O)=O)cc2)c(-c2ccccc2)c1Cl. The van der Waals surface area contributed by atoms with E-state index in [1.807, 2.05) is 37.3 Å². The topological polar surface area (TPSA) is 78.0 Å². The van der Waals surface area contributed by atoms with Crippen LogP contribution in [-0.4, -0.2) is 18.2 Å². The molecule has 0 atom stereocenters. The third-order valence-corrected chi connectivity index (χ3v) is 4.83. The molecule has 0 amide bonds. The number of hydrogen-bond donors (Lipinski definition) is 1. The molecule has 0 aliphatic rings. The number of nitrogens with two attached hydrogens (primary N) is 1. The maximum Gasteiger partial charge on any atom is 0.238 e. The van der Waals surface area contributed by atoms with Crippen molar-refractivity contribution in [2.24, 2.45) is 5.14 Å². The first-order valence-corrected chi connectivity index (χ1v) is 8.74. The van der Waals surface area contributed by atoms with Gasteiger partial charge in [-0.15, -0.1) is 0 Å². The molecule has 5 nitrogen and oxygen atoms in total. The van der Waals surface area contributed by atoms with Crippen molar-refractivity contribution >= 4 is 21.6 Å². The standard InChI is InChI=1S/C16H14ClN3O2S/c1-11-15(17)16(12-5-3-2-4-6-12)20(19-11)13-7-9-14(10-8-13)23(18,21)22/h2-10H,1H3,(H2,18,21,22). The van der Waals surface area contributed by atoms with Crippen LogP contribution in [-0.2, 0) is 10.0 Å². The quantitative estimate of drug-likeness (QED) is 0.790. The maximum atomic E-state index is 11.4. The summed E-state index contributed by atoms with van der Waals surface area (Å²) in [6.45, 7) is 1.82. The largest absolute Gasteiger partial charge is 0.238 e. The molecule has 0 aliphatic heterocycles. The van der Waals surface area contributed by atoms with E-state index >= 15 is 0 Å². The minimum atomic E-state index is -3.72. The Morgan fingerprint density at radius 3 is 2.22 bits per heavy atom. The fourth-order valence-corrected chi connectivity index (χ4v) is 3.06. The summed E-state index contributed by atoms with van der Waals surface area (Å²) >= 11 is 6.40. The second-order valence-corrected chi connectivity index (χ2v) is 7.00. The van der Waals surface area contributed by atoms with E-state index < -0.39 is 10.0 Å². The molecule has 2 N–H and O–H groups in total. The summed E-state index contributed by atoms with van der Waals surface area (Å²) in [5.74, 6) is 0. The molecule has 0 aliphatic carbocycles. The van der Waals surface area contributed by atoms with E-state index in [1.165, 1.54) is 12.1 Å². The Labute approximate surface area is 139 Å². The summed E-state index contributed by atoms with van der Waals surface area (Å²) in [5, 5.41) is 10.1. The van der Waals surface area contributed by atoms with Crippen LogP contribution in [0.3, 0.4) is 0 Å². The lowest BCUT2D eigenvalue weighted by Gasteiger charge is -2.09. The van der Waals surface area contributed by atoms with Crippen LogP contribution in [0.2, 0.25) is 5.02 Å². The number of hydrogen-bond acceptors (Lipinski definition) is 3. The zero-order chi connectivity index (χ0) is 16.6. The molecular weight excluding hydrogens is 334 g/mol. The lowest BCUT2D eigenvalue weighted by Crippen LogP contribution is -2.12. The maximum absolute atomic E-state index is 11.4. The zero-order valence-electron chi connectivity index (χ0n) is 12.3. The van der Waals surface area contributed by atoms with Crippen molar-refractivity contribution in [2.45, 2.75) is 11.8 Å². The smallest absolute Gasteiger partial charge is 0.231 e. The van der Waals surface area contributed by atoms with Gasteiger partial charge in [0.05, 0.1) is 27.0 Å². The fourth-order valence-electron chi connectivity index (χ4n) is 2.32. The molecule has 0 unspecified atom stereocenters. The van der Waals surface area contributed by atoms with Crippen LogP contribution < -0.4 is 5.14 Å². The molecule has 3 aromatic rings. The highest BCUT2D eigenvalue weighted by Gasteiger charge is 2.17. The van der Waals surface area contributed by atoms with E-state index in [0.717, 1.165) is 11.3 Å². The first-order valence-electron chi connectivity index (χ1n) is 6.82. The number of benzene rings is 2. The highest BCUT2D eigenvalue weighted by Crippen LogP contribution is 2.32. The molecule has 3 rings (SSSR count). The average molecular weight is 348 g/mol. The van der Waals surface area contributed by atoms with E-state index in [2.05, 4.69) is 5.10 Å². The fraction of sp³-hybridized carbons (Fsp3) is 0.0625. The Morgan fingerprint density at radius 2 is 1.65 bits per heavy atom. The Bertz CT molecular complexity index is 949. The molecular formula is C16H14ClN3O2S. The number of sulfonamides is 1. The van der Waals surface area contributed by atoms with Gasteiger partial charge in [0.15, 0.2) is 0 Å². The number of rotatable bonds is 3. The molecule has 1 heterocycles. The Morgan fingerprint density at radius 1 is 1.04 bits per heavy atom. The van der Waals surface area contributed by atoms with Gasteiger partial charge in [0.2, 0.25) is 10.0 Å². The van der Waals surface area contributed by atoms with E-state index in [0.29, 0.717) is 16.4 Å². The van der Waals surface area contributed by atoms with Crippen LogP contribution in [0.15, 0.2) is 59.5 Å². The average Bonchev–Trinajstić information content (AvgIpc) is 2.83. The van der Waals surface area contributed by atoms with Crippen LogP contribution in [0, 0.1) is 6.92 Å². The van der Waals surface area contributed by atoms with Crippen LogP contribution in [0.1, 0.15) is 5.69 Å². The molecule has 0 fully saturated rings. The highest BCUT2D eigenvalue weighted by molar-refractivity contribution is 7.89. The van der Waals surface area contributed by atoms with Gasteiger partial charge in [0.1, 0.15) is 0 Å². The number of primary sulfonamides is 1. The van der Waals surface area contributed by atoms with Crippen molar-refractivity contribution in [1.82, 2.24) is 9.78 Å². The molecule has 23 heavy (non-hydrogen) atoms. The molecule has 0 spiro atoms. The summed E-state index contributed by atoms with van der Waals surface area (Å²) in [6.07, 6.45) is 0. The van der Waals surface area contributed by atoms with Crippen molar-refractivity contribution < 1.29 is 8.42 Å². The first kappa shape index (κ1) is 15.7. The second kappa shape index (κ2) is 5.81. The van der Waals surface area contributed by atoms with E-state index in [4.69, 9.17) is 16.7 Å². The molecule has 0 bridgehead atoms. The minimum absolute atomic E-state index is 0.0532. The van der Waals surface area contributed by atoms with Gasteiger partial charge in [0, 0.05) is 5.56 Å². The van der Waals surface area contributed by atoms with Crippen LogP contribution in [0.25, 0.3) is 16.9 Å². The normalized spacial score (nSPS) is 11.6. The Balaban J connectivity index is 2.16. The van der Waals surface area contributed by atoms with Crippen molar-refractivity contribution in [1.29, 1.82) is 0 Å². The van der Waals surface area contributed by atoms with Crippen molar-refractivity contribution in [2.75, 3.05) is 0 Å². The van der Waals surface area contributed by atoms with Gasteiger partial charge >= 0.3 is 0 Å². The highest BCUT2D eigenvalue weighted by atomic mass is 35.5. The predicted octanol–water partition coefficient (Wildman–Crippen LogP) is 3.15. The third kappa shape index (κ3) is 3.01.